The zero-order chi connectivity index (χ0) is 9.47. The second-order valence-electron chi connectivity index (χ2n) is 3.45. The molecule has 0 unspecified atom stereocenters. The molecular formula is C8H11F2N3. The van der Waals surface area contributed by atoms with Crippen LogP contribution >= 0.6 is 0 Å². The summed E-state index contributed by atoms with van der Waals surface area (Å²) in [6.45, 7) is 0.308. The van der Waals surface area contributed by atoms with E-state index in [0.29, 0.717) is 6.54 Å². The van der Waals surface area contributed by atoms with E-state index < -0.39 is 5.92 Å². The lowest BCUT2D eigenvalue weighted by Crippen LogP contribution is -2.55. The summed E-state index contributed by atoms with van der Waals surface area (Å²) in [7, 11) is 1.81. The SMILES string of the molecule is Cn1nccc1CN1CC(F)(F)C1. The second kappa shape index (κ2) is 2.77. The maximum absolute atomic E-state index is 12.5. The molecule has 0 amide bonds. The average molecular weight is 187 g/mol. The molecule has 0 aliphatic carbocycles. The van der Waals surface area contributed by atoms with Crippen LogP contribution in [-0.4, -0.2) is 33.7 Å². The summed E-state index contributed by atoms with van der Waals surface area (Å²) in [4.78, 5) is 1.71. The maximum atomic E-state index is 12.5. The van der Waals surface area contributed by atoms with Crippen molar-refractivity contribution in [1.29, 1.82) is 0 Å². The molecule has 72 valence electrons. The average Bonchev–Trinajstić information content (AvgIpc) is 2.33. The van der Waals surface area contributed by atoms with Gasteiger partial charge in [0.25, 0.3) is 5.92 Å². The summed E-state index contributed by atoms with van der Waals surface area (Å²) in [5.41, 5.74) is 0.968. The molecule has 13 heavy (non-hydrogen) atoms. The molecule has 0 spiro atoms. The summed E-state index contributed by atoms with van der Waals surface area (Å²) in [5, 5.41) is 3.97. The molecule has 0 bridgehead atoms. The highest BCUT2D eigenvalue weighted by molar-refractivity contribution is 5.02. The Bertz CT molecular complexity index is 300. The van der Waals surface area contributed by atoms with Gasteiger partial charge in [-0.3, -0.25) is 9.58 Å². The van der Waals surface area contributed by atoms with Crippen molar-refractivity contribution in [2.75, 3.05) is 13.1 Å². The zero-order valence-corrected chi connectivity index (χ0v) is 7.37. The monoisotopic (exact) mass is 187 g/mol. The minimum absolute atomic E-state index is 0.127. The molecule has 3 nitrogen and oxygen atoms in total. The quantitative estimate of drug-likeness (QED) is 0.685. The Balaban J connectivity index is 1.91. The van der Waals surface area contributed by atoms with Gasteiger partial charge in [0.05, 0.1) is 18.8 Å². The minimum atomic E-state index is -2.47. The third-order valence-corrected chi connectivity index (χ3v) is 2.22. The number of nitrogens with zero attached hydrogens (tertiary/aromatic N) is 3. The molecule has 0 atom stereocenters. The van der Waals surface area contributed by atoms with E-state index >= 15 is 0 Å². The van der Waals surface area contributed by atoms with Gasteiger partial charge < -0.3 is 0 Å². The summed E-state index contributed by atoms with van der Waals surface area (Å²) in [6, 6.07) is 1.84. The highest BCUT2D eigenvalue weighted by Crippen LogP contribution is 2.27. The van der Waals surface area contributed by atoms with Crippen molar-refractivity contribution in [3.05, 3.63) is 18.0 Å². The first-order valence-electron chi connectivity index (χ1n) is 4.14. The number of aromatic nitrogens is 2. The van der Waals surface area contributed by atoms with Gasteiger partial charge >= 0.3 is 0 Å². The van der Waals surface area contributed by atoms with E-state index in [4.69, 9.17) is 0 Å². The first-order valence-corrected chi connectivity index (χ1v) is 4.14. The van der Waals surface area contributed by atoms with Crippen molar-refractivity contribution in [2.45, 2.75) is 12.5 Å². The van der Waals surface area contributed by atoms with Crippen molar-refractivity contribution in [3.8, 4) is 0 Å². The van der Waals surface area contributed by atoms with Crippen LogP contribution < -0.4 is 0 Å². The fourth-order valence-corrected chi connectivity index (χ4v) is 1.51. The van der Waals surface area contributed by atoms with E-state index in [-0.39, 0.29) is 13.1 Å². The van der Waals surface area contributed by atoms with Crippen LogP contribution in [0.2, 0.25) is 0 Å². The van der Waals surface area contributed by atoms with Gasteiger partial charge in [0.2, 0.25) is 0 Å². The Morgan fingerprint density at radius 1 is 1.54 bits per heavy atom. The predicted molar refractivity (Wildman–Crippen MR) is 43.4 cm³/mol. The number of hydrogen-bond acceptors (Lipinski definition) is 2. The van der Waals surface area contributed by atoms with Gasteiger partial charge in [-0.25, -0.2) is 8.78 Å². The van der Waals surface area contributed by atoms with Crippen LogP contribution in [0.3, 0.4) is 0 Å². The van der Waals surface area contributed by atoms with E-state index in [9.17, 15) is 8.78 Å². The van der Waals surface area contributed by atoms with Gasteiger partial charge in [0.1, 0.15) is 0 Å². The molecular weight excluding hydrogens is 176 g/mol. The Morgan fingerprint density at radius 2 is 2.23 bits per heavy atom. The van der Waals surface area contributed by atoms with Gasteiger partial charge in [0.15, 0.2) is 0 Å². The fourth-order valence-electron chi connectivity index (χ4n) is 1.51. The molecule has 1 saturated heterocycles. The Kier molecular flexibility index (Phi) is 1.83. The molecule has 1 aromatic rings. The standard InChI is InChI=1S/C8H11F2N3/c1-12-7(2-3-11-12)4-13-5-8(9,10)6-13/h2-3H,4-6H2,1H3. The lowest BCUT2D eigenvalue weighted by Gasteiger charge is -2.38. The van der Waals surface area contributed by atoms with E-state index in [1.165, 1.54) is 0 Å². The third-order valence-electron chi connectivity index (χ3n) is 2.22. The van der Waals surface area contributed by atoms with Crippen molar-refractivity contribution in [1.82, 2.24) is 14.7 Å². The third kappa shape index (κ3) is 1.70. The van der Waals surface area contributed by atoms with Gasteiger partial charge in [-0.05, 0) is 6.07 Å². The van der Waals surface area contributed by atoms with Crippen molar-refractivity contribution in [3.63, 3.8) is 0 Å². The number of likely N-dealkylation sites (tertiary alicyclic amines) is 1. The molecule has 2 rings (SSSR count). The molecule has 0 saturated carbocycles. The van der Waals surface area contributed by atoms with Crippen LogP contribution in [0.4, 0.5) is 8.78 Å². The smallest absolute Gasteiger partial charge is 0.272 e. The maximum Gasteiger partial charge on any atom is 0.272 e. The van der Waals surface area contributed by atoms with Crippen molar-refractivity contribution in [2.24, 2.45) is 7.05 Å². The van der Waals surface area contributed by atoms with Gasteiger partial charge in [0, 0.05) is 19.8 Å². The van der Waals surface area contributed by atoms with Crippen LogP contribution in [0.15, 0.2) is 12.3 Å². The number of aryl methyl sites for hydroxylation is 1. The van der Waals surface area contributed by atoms with Gasteiger partial charge in [-0.1, -0.05) is 0 Å². The summed E-state index contributed by atoms with van der Waals surface area (Å²) in [5.74, 6) is -2.47. The van der Waals surface area contributed by atoms with Crippen LogP contribution in [-0.2, 0) is 13.6 Å². The summed E-state index contributed by atoms with van der Waals surface area (Å²) < 4.78 is 26.6. The number of alkyl halides is 2. The molecule has 0 radical (unpaired) electrons. The number of rotatable bonds is 2. The van der Waals surface area contributed by atoms with E-state index in [1.54, 1.807) is 15.8 Å². The Morgan fingerprint density at radius 3 is 2.69 bits per heavy atom. The molecule has 1 aliphatic rings. The van der Waals surface area contributed by atoms with Crippen LogP contribution in [0.1, 0.15) is 5.69 Å². The molecule has 2 heterocycles. The van der Waals surface area contributed by atoms with Crippen LogP contribution in [0.25, 0.3) is 0 Å². The van der Waals surface area contributed by atoms with Crippen molar-refractivity contribution >= 4 is 0 Å². The number of halogens is 2. The fraction of sp³-hybridized carbons (Fsp3) is 0.625. The first-order chi connectivity index (χ1) is 6.07. The summed E-state index contributed by atoms with van der Waals surface area (Å²) >= 11 is 0. The molecule has 1 aliphatic heterocycles. The van der Waals surface area contributed by atoms with Gasteiger partial charge in [-0.15, -0.1) is 0 Å². The highest BCUT2D eigenvalue weighted by atomic mass is 19.3. The topological polar surface area (TPSA) is 21.1 Å². The predicted octanol–water partition coefficient (Wildman–Crippen LogP) is 0.871. The zero-order valence-electron chi connectivity index (χ0n) is 7.37. The Hall–Kier alpha value is -0.970. The van der Waals surface area contributed by atoms with Crippen LogP contribution in [0.5, 0.6) is 0 Å². The minimum Gasteiger partial charge on any atom is -0.286 e. The lowest BCUT2D eigenvalue weighted by molar-refractivity contribution is -0.134. The number of hydrogen-bond donors (Lipinski definition) is 0. The molecule has 1 aromatic heterocycles. The van der Waals surface area contributed by atoms with Gasteiger partial charge in [-0.2, -0.15) is 5.10 Å². The first kappa shape index (κ1) is 8.62. The largest absolute Gasteiger partial charge is 0.286 e. The molecule has 0 N–H and O–H groups in total. The molecule has 1 fully saturated rings. The van der Waals surface area contributed by atoms with E-state index in [2.05, 4.69) is 5.10 Å². The highest BCUT2D eigenvalue weighted by Gasteiger charge is 2.43. The molecule has 0 aromatic carbocycles. The lowest BCUT2D eigenvalue weighted by atomic mass is 10.1. The van der Waals surface area contributed by atoms with E-state index in [0.717, 1.165) is 5.69 Å². The van der Waals surface area contributed by atoms with Crippen molar-refractivity contribution < 1.29 is 8.78 Å². The van der Waals surface area contributed by atoms with Crippen LogP contribution in [0, 0.1) is 0 Å². The normalized spacial score (nSPS) is 21.5. The Labute approximate surface area is 74.9 Å². The van der Waals surface area contributed by atoms with E-state index in [1.807, 2.05) is 13.1 Å². The molecule has 5 heteroatoms. The second-order valence-corrected chi connectivity index (χ2v) is 3.45. The summed E-state index contributed by atoms with van der Waals surface area (Å²) in [6.07, 6.45) is 1.67.